The molecule has 2 atom stereocenters. The smallest absolute Gasteiger partial charge is 0.318 e. The largest absolute Gasteiger partial charge is 0.480 e. The molecule has 1 heterocycles. The number of ether oxygens (including phenoxy) is 1. The molecule has 144 valence electrons. The van der Waals surface area contributed by atoms with E-state index in [2.05, 4.69) is 0 Å². The van der Waals surface area contributed by atoms with Crippen LogP contribution >= 0.6 is 0 Å². The number of rotatable bonds is 7. The Bertz CT molecular complexity index is 738. The summed E-state index contributed by atoms with van der Waals surface area (Å²) in [6.45, 7) is -0.371. The van der Waals surface area contributed by atoms with Gasteiger partial charge in [0.1, 0.15) is 6.54 Å². The summed E-state index contributed by atoms with van der Waals surface area (Å²) in [4.78, 5) is 24.8. The topological polar surface area (TPSA) is 124 Å². The number of sulfonamides is 1. The number of morpholine rings is 1. The number of carbonyl (C=O) groups excluding carboxylic acids is 1. The molecule has 0 aliphatic carbocycles. The molecule has 1 amide bonds. The Hall–Kier alpha value is -2.01. The van der Waals surface area contributed by atoms with Gasteiger partial charge in [0, 0.05) is 19.6 Å². The Labute approximate surface area is 151 Å². The zero-order chi connectivity index (χ0) is 19.3. The summed E-state index contributed by atoms with van der Waals surface area (Å²) in [5, 5.41) is 19.1. The summed E-state index contributed by atoms with van der Waals surface area (Å²) in [5.74, 6) is -1.78. The molecule has 1 aliphatic rings. The highest BCUT2D eigenvalue weighted by Crippen LogP contribution is 2.18. The number of carbonyl (C=O) groups is 2. The van der Waals surface area contributed by atoms with Gasteiger partial charge in [-0.15, -0.1) is 0 Å². The first-order valence-electron chi connectivity index (χ1n) is 7.99. The SMILES string of the molecule is CS(=O)(=O)N(CC(=O)O)CC1CN(C(=O)C(O)c2ccccc2)CCO1. The number of carboxylic acids is 1. The van der Waals surface area contributed by atoms with Gasteiger partial charge < -0.3 is 19.8 Å². The first-order chi connectivity index (χ1) is 12.2. The van der Waals surface area contributed by atoms with Crippen molar-refractivity contribution in [2.75, 3.05) is 39.0 Å². The number of aliphatic hydroxyl groups is 1. The highest BCUT2D eigenvalue weighted by atomic mass is 32.2. The molecule has 1 aromatic rings. The molecule has 1 fully saturated rings. The average Bonchev–Trinajstić information content (AvgIpc) is 2.60. The van der Waals surface area contributed by atoms with Crippen LogP contribution in [0.1, 0.15) is 11.7 Å². The zero-order valence-corrected chi connectivity index (χ0v) is 15.1. The van der Waals surface area contributed by atoms with Gasteiger partial charge in [-0.1, -0.05) is 30.3 Å². The minimum Gasteiger partial charge on any atom is -0.480 e. The lowest BCUT2D eigenvalue weighted by Crippen LogP contribution is -2.52. The van der Waals surface area contributed by atoms with Crippen molar-refractivity contribution in [3.05, 3.63) is 35.9 Å². The monoisotopic (exact) mass is 386 g/mol. The van der Waals surface area contributed by atoms with Crippen molar-refractivity contribution in [1.82, 2.24) is 9.21 Å². The highest BCUT2D eigenvalue weighted by molar-refractivity contribution is 7.88. The van der Waals surface area contributed by atoms with E-state index in [4.69, 9.17) is 9.84 Å². The van der Waals surface area contributed by atoms with Crippen LogP contribution in [0.2, 0.25) is 0 Å². The van der Waals surface area contributed by atoms with Crippen molar-refractivity contribution < 1.29 is 33.0 Å². The third kappa shape index (κ3) is 5.49. The van der Waals surface area contributed by atoms with Gasteiger partial charge in [-0.05, 0) is 5.56 Å². The number of nitrogens with zero attached hydrogens (tertiary/aromatic N) is 2. The second kappa shape index (κ2) is 8.58. The normalized spacial score (nSPS) is 19.3. The van der Waals surface area contributed by atoms with Crippen molar-refractivity contribution in [3.63, 3.8) is 0 Å². The number of aliphatic carboxylic acids is 1. The van der Waals surface area contributed by atoms with E-state index < -0.39 is 40.7 Å². The predicted octanol–water partition coefficient (Wildman–Crippen LogP) is -0.706. The summed E-state index contributed by atoms with van der Waals surface area (Å²) in [6.07, 6.45) is -1.08. The van der Waals surface area contributed by atoms with E-state index in [0.717, 1.165) is 10.6 Å². The van der Waals surface area contributed by atoms with Gasteiger partial charge in [0.2, 0.25) is 10.0 Å². The van der Waals surface area contributed by atoms with Crippen LogP contribution in [0.25, 0.3) is 0 Å². The molecule has 2 rings (SSSR count). The fourth-order valence-corrected chi connectivity index (χ4v) is 3.46. The van der Waals surface area contributed by atoms with Crippen molar-refractivity contribution >= 4 is 21.9 Å². The Balaban J connectivity index is 2.03. The van der Waals surface area contributed by atoms with Crippen LogP contribution in [0.15, 0.2) is 30.3 Å². The first-order valence-corrected chi connectivity index (χ1v) is 9.83. The maximum absolute atomic E-state index is 12.5. The van der Waals surface area contributed by atoms with Gasteiger partial charge in [-0.25, -0.2) is 8.42 Å². The molecule has 10 heteroatoms. The number of hydrogen-bond donors (Lipinski definition) is 2. The second-order valence-electron chi connectivity index (χ2n) is 6.04. The second-order valence-corrected chi connectivity index (χ2v) is 8.02. The number of carboxylic acid groups (broad SMARTS) is 1. The fraction of sp³-hybridized carbons (Fsp3) is 0.500. The molecule has 9 nitrogen and oxygen atoms in total. The van der Waals surface area contributed by atoms with E-state index in [-0.39, 0.29) is 26.2 Å². The molecule has 0 radical (unpaired) electrons. The van der Waals surface area contributed by atoms with Crippen molar-refractivity contribution in [2.45, 2.75) is 12.2 Å². The minimum atomic E-state index is -3.74. The molecule has 0 bridgehead atoms. The summed E-state index contributed by atoms with van der Waals surface area (Å²) in [6, 6.07) is 8.47. The van der Waals surface area contributed by atoms with Crippen molar-refractivity contribution in [2.24, 2.45) is 0 Å². The standard InChI is InChI=1S/C16H22N2O7S/c1-26(23,24)18(11-14(19)20)10-13-9-17(7-8-25-13)16(22)15(21)12-5-3-2-4-6-12/h2-6,13,15,21H,7-11H2,1H3,(H,19,20). The van der Waals surface area contributed by atoms with Crippen LogP contribution < -0.4 is 0 Å². The van der Waals surface area contributed by atoms with Gasteiger partial charge in [-0.3, -0.25) is 9.59 Å². The van der Waals surface area contributed by atoms with Gasteiger partial charge in [-0.2, -0.15) is 4.31 Å². The van der Waals surface area contributed by atoms with Crippen LogP contribution in [0, 0.1) is 0 Å². The lowest BCUT2D eigenvalue weighted by molar-refractivity contribution is -0.149. The highest BCUT2D eigenvalue weighted by Gasteiger charge is 2.32. The molecule has 2 unspecified atom stereocenters. The minimum absolute atomic E-state index is 0.0639. The molecule has 2 N–H and O–H groups in total. The first kappa shape index (κ1) is 20.3. The quantitative estimate of drug-likeness (QED) is 0.634. The molecule has 1 aromatic carbocycles. The van der Waals surface area contributed by atoms with Gasteiger partial charge in [0.25, 0.3) is 5.91 Å². The number of amides is 1. The van der Waals surface area contributed by atoms with Crippen LogP contribution in [0.4, 0.5) is 0 Å². The lowest BCUT2D eigenvalue weighted by atomic mass is 10.1. The van der Waals surface area contributed by atoms with E-state index in [0.29, 0.717) is 5.56 Å². The molecule has 1 aliphatic heterocycles. The van der Waals surface area contributed by atoms with E-state index >= 15 is 0 Å². The summed E-state index contributed by atoms with van der Waals surface area (Å²) >= 11 is 0. The Morgan fingerprint density at radius 2 is 2.00 bits per heavy atom. The van der Waals surface area contributed by atoms with Gasteiger partial charge >= 0.3 is 5.97 Å². The average molecular weight is 386 g/mol. The fourth-order valence-electron chi connectivity index (χ4n) is 2.68. The maximum atomic E-state index is 12.5. The van der Waals surface area contributed by atoms with Crippen molar-refractivity contribution in [3.8, 4) is 0 Å². The van der Waals surface area contributed by atoms with Crippen LogP contribution in [-0.2, 0) is 24.3 Å². The number of aliphatic hydroxyl groups excluding tert-OH is 1. The third-order valence-corrected chi connectivity index (χ3v) is 5.20. The molecule has 1 saturated heterocycles. The predicted molar refractivity (Wildman–Crippen MR) is 91.8 cm³/mol. The Kier molecular flexibility index (Phi) is 6.70. The zero-order valence-electron chi connectivity index (χ0n) is 14.3. The van der Waals surface area contributed by atoms with Gasteiger partial charge in [0.15, 0.2) is 6.10 Å². The lowest BCUT2D eigenvalue weighted by Gasteiger charge is -2.35. The van der Waals surface area contributed by atoms with Crippen LogP contribution in [0.3, 0.4) is 0 Å². The Morgan fingerprint density at radius 3 is 2.58 bits per heavy atom. The van der Waals surface area contributed by atoms with Crippen LogP contribution in [-0.4, -0.2) is 84.9 Å². The number of benzene rings is 1. The van der Waals surface area contributed by atoms with Crippen LogP contribution in [0.5, 0.6) is 0 Å². The molecular weight excluding hydrogens is 364 g/mol. The molecular formula is C16H22N2O7S. The maximum Gasteiger partial charge on any atom is 0.318 e. The van der Waals surface area contributed by atoms with E-state index in [1.807, 2.05) is 0 Å². The van der Waals surface area contributed by atoms with E-state index in [1.165, 1.54) is 4.90 Å². The van der Waals surface area contributed by atoms with E-state index in [9.17, 15) is 23.1 Å². The number of hydrogen-bond acceptors (Lipinski definition) is 6. The summed E-state index contributed by atoms with van der Waals surface area (Å²) in [7, 11) is -3.74. The molecule has 26 heavy (non-hydrogen) atoms. The molecule has 0 aromatic heterocycles. The van der Waals surface area contributed by atoms with Gasteiger partial charge in [0.05, 0.1) is 19.0 Å². The molecule has 0 spiro atoms. The Morgan fingerprint density at radius 1 is 1.35 bits per heavy atom. The summed E-state index contributed by atoms with van der Waals surface area (Å²) < 4.78 is 29.7. The molecule has 0 saturated carbocycles. The summed E-state index contributed by atoms with van der Waals surface area (Å²) in [5.41, 5.74) is 0.462. The third-order valence-electron chi connectivity index (χ3n) is 3.99. The van der Waals surface area contributed by atoms with E-state index in [1.54, 1.807) is 30.3 Å². The van der Waals surface area contributed by atoms with Crippen molar-refractivity contribution in [1.29, 1.82) is 0 Å².